The van der Waals surface area contributed by atoms with E-state index in [1.54, 1.807) is 55.6 Å². The van der Waals surface area contributed by atoms with Crippen molar-refractivity contribution >= 4 is 17.7 Å². The molecule has 0 aromatic heterocycles. The van der Waals surface area contributed by atoms with E-state index in [1.165, 1.54) is 4.90 Å². The monoisotopic (exact) mass is 457 g/mol. The summed E-state index contributed by atoms with van der Waals surface area (Å²) in [5, 5.41) is 2.99. The first-order chi connectivity index (χ1) is 16.4. The summed E-state index contributed by atoms with van der Waals surface area (Å²) in [5.41, 5.74) is 3.17. The Kier molecular flexibility index (Phi) is 6.75. The number of nitrogens with zero attached hydrogens (tertiary/aromatic N) is 2. The lowest BCUT2D eigenvalue weighted by Gasteiger charge is -2.25. The molecule has 0 aliphatic carbocycles. The van der Waals surface area contributed by atoms with Gasteiger partial charge in [-0.1, -0.05) is 36.4 Å². The van der Waals surface area contributed by atoms with Gasteiger partial charge in [0, 0.05) is 12.1 Å². The van der Waals surface area contributed by atoms with Crippen molar-refractivity contribution in [1.29, 1.82) is 0 Å². The van der Waals surface area contributed by atoms with Crippen molar-refractivity contribution in [3.8, 4) is 5.75 Å². The second-order valence-electron chi connectivity index (χ2n) is 8.41. The van der Waals surface area contributed by atoms with Gasteiger partial charge < -0.3 is 15.0 Å². The lowest BCUT2D eigenvalue weighted by Crippen LogP contribution is -2.34. The molecule has 0 spiro atoms. The fourth-order valence-electron chi connectivity index (χ4n) is 4.07. The Morgan fingerprint density at radius 1 is 0.941 bits per heavy atom. The van der Waals surface area contributed by atoms with E-state index in [-0.39, 0.29) is 30.3 Å². The molecule has 3 amide bonds. The van der Waals surface area contributed by atoms with Crippen LogP contribution in [0.5, 0.6) is 5.75 Å². The number of methoxy groups -OCH3 is 1. The Labute approximate surface area is 198 Å². The third kappa shape index (κ3) is 4.70. The predicted molar refractivity (Wildman–Crippen MR) is 129 cm³/mol. The van der Waals surface area contributed by atoms with Crippen LogP contribution in [-0.2, 0) is 6.54 Å². The Balaban J connectivity index is 1.39. The van der Waals surface area contributed by atoms with Crippen molar-refractivity contribution < 1.29 is 19.1 Å². The summed E-state index contributed by atoms with van der Waals surface area (Å²) in [6.07, 6.45) is 0. The van der Waals surface area contributed by atoms with Crippen LogP contribution in [0.15, 0.2) is 72.8 Å². The van der Waals surface area contributed by atoms with Crippen molar-refractivity contribution in [2.45, 2.75) is 12.6 Å². The molecule has 174 valence electrons. The first-order valence-electron chi connectivity index (χ1n) is 11.0. The average molecular weight is 458 g/mol. The van der Waals surface area contributed by atoms with Gasteiger partial charge >= 0.3 is 0 Å². The summed E-state index contributed by atoms with van der Waals surface area (Å²) in [5.74, 6) is -0.0178. The van der Waals surface area contributed by atoms with Crippen LogP contribution in [0.4, 0.5) is 0 Å². The minimum atomic E-state index is -0.297. The number of hydrogen-bond donors (Lipinski definition) is 1. The van der Waals surface area contributed by atoms with E-state index in [9.17, 15) is 14.4 Å². The van der Waals surface area contributed by atoms with Gasteiger partial charge in [-0.15, -0.1) is 0 Å². The van der Waals surface area contributed by atoms with E-state index in [4.69, 9.17) is 4.74 Å². The van der Waals surface area contributed by atoms with Crippen molar-refractivity contribution in [2.24, 2.45) is 0 Å². The number of ether oxygens (including phenoxy) is 1. The van der Waals surface area contributed by atoms with Crippen LogP contribution in [0.2, 0.25) is 0 Å². The van der Waals surface area contributed by atoms with E-state index < -0.39 is 0 Å². The maximum atomic E-state index is 12.8. The molecule has 1 aliphatic rings. The lowest BCUT2D eigenvalue weighted by molar-refractivity contribution is 0.0641. The predicted octanol–water partition coefficient (Wildman–Crippen LogP) is 3.52. The summed E-state index contributed by atoms with van der Waals surface area (Å²) in [4.78, 5) is 41.2. The number of carbonyl (C=O) groups is 3. The molecule has 3 aromatic rings. The van der Waals surface area contributed by atoms with Crippen LogP contribution < -0.4 is 10.1 Å². The smallest absolute Gasteiger partial charge is 0.261 e. The highest BCUT2D eigenvalue weighted by Crippen LogP contribution is 2.25. The Morgan fingerprint density at radius 2 is 1.59 bits per heavy atom. The van der Waals surface area contributed by atoms with Gasteiger partial charge in [0.05, 0.1) is 30.8 Å². The molecule has 34 heavy (non-hydrogen) atoms. The maximum absolute atomic E-state index is 12.8. The fourth-order valence-corrected chi connectivity index (χ4v) is 4.07. The number of fused-ring (bicyclic) bond motifs is 1. The first-order valence-corrected chi connectivity index (χ1v) is 11.0. The molecular weight excluding hydrogens is 430 g/mol. The zero-order valence-electron chi connectivity index (χ0n) is 19.4. The molecule has 1 aliphatic heterocycles. The molecule has 1 atom stereocenters. The second-order valence-corrected chi connectivity index (χ2v) is 8.41. The average Bonchev–Trinajstić information content (AvgIpc) is 3.09. The highest BCUT2D eigenvalue weighted by Gasteiger charge is 2.34. The van der Waals surface area contributed by atoms with Gasteiger partial charge in [-0.3, -0.25) is 19.3 Å². The number of imide groups is 1. The van der Waals surface area contributed by atoms with Gasteiger partial charge in [-0.2, -0.15) is 0 Å². The zero-order chi connectivity index (χ0) is 24.2. The molecule has 4 rings (SSSR count). The fraction of sp³-hybridized carbons (Fsp3) is 0.222. The minimum Gasteiger partial charge on any atom is -0.497 e. The molecule has 7 heteroatoms. The molecule has 3 aromatic carbocycles. The molecule has 0 fully saturated rings. The van der Waals surface area contributed by atoms with E-state index >= 15 is 0 Å². The van der Waals surface area contributed by atoms with E-state index in [1.807, 2.05) is 43.3 Å². The molecule has 0 saturated carbocycles. The molecule has 0 radical (unpaired) electrons. The maximum Gasteiger partial charge on any atom is 0.261 e. The van der Waals surface area contributed by atoms with Crippen molar-refractivity contribution in [2.75, 3.05) is 27.7 Å². The molecule has 0 saturated heterocycles. The van der Waals surface area contributed by atoms with E-state index in [2.05, 4.69) is 5.32 Å². The molecule has 0 bridgehead atoms. The molecular formula is C27H27N3O4. The highest BCUT2D eigenvalue weighted by atomic mass is 16.5. The summed E-state index contributed by atoms with van der Waals surface area (Å²) >= 11 is 0. The second kappa shape index (κ2) is 9.89. The number of hydrogen-bond acceptors (Lipinski definition) is 5. The largest absolute Gasteiger partial charge is 0.497 e. The first kappa shape index (κ1) is 23.2. The van der Waals surface area contributed by atoms with Gasteiger partial charge in [0.15, 0.2) is 0 Å². The number of benzene rings is 3. The standard InChI is InChI=1S/C27H27N3O4/c1-29(2)24(20-7-6-8-21(15-20)34-3)16-28-25(31)19-13-11-18(12-14-19)17-30-26(32)22-9-4-5-10-23(22)27(30)33/h4-15,24H,16-17H2,1-3H3,(H,28,31)/t24-/m1/s1. The Hall–Kier alpha value is -3.97. The third-order valence-corrected chi connectivity index (χ3v) is 5.99. The SMILES string of the molecule is COc1cccc([C@@H](CNC(=O)c2ccc(CN3C(=O)c4ccccc4C3=O)cc2)N(C)C)c1. The number of carbonyl (C=O) groups excluding carboxylic acids is 3. The number of rotatable bonds is 8. The summed E-state index contributed by atoms with van der Waals surface area (Å²) in [6.45, 7) is 0.586. The van der Waals surface area contributed by atoms with Gasteiger partial charge in [0.1, 0.15) is 5.75 Å². The molecule has 0 unspecified atom stereocenters. The highest BCUT2D eigenvalue weighted by molar-refractivity contribution is 6.21. The Morgan fingerprint density at radius 3 is 2.18 bits per heavy atom. The minimum absolute atomic E-state index is 0.0212. The lowest BCUT2D eigenvalue weighted by atomic mass is 10.1. The van der Waals surface area contributed by atoms with Crippen LogP contribution in [0.1, 0.15) is 48.2 Å². The molecule has 1 heterocycles. The zero-order valence-corrected chi connectivity index (χ0v) is 19.4. The van der Waals surface area contributed by atoms with Crippen molar-refractivity contribution in [1.82, 2.24) is 15.1 Å². The number of amides is 3. The van der Waals surface area contributed by atoms with Crippen LogP contribution in [0.3, 0.4) is 0 Å². The number of likely N-dealkylation sites (N-methyl/N-ethyl adjacent to an activating group) is 1. The van der Waals surface area contributed by atoms with Crippen LogP contribution in [0.25, 0.3) is 0 Å². The summed E-state index contributed by atoms with van der Waals surface area (Å²) in [6, 6.07) is 21.5. The van der Waals surface area contributed by atoms with E-state index in [0.717, 1.165) is 16.9 Å². The van der Waals surface area contributed by atoms with Crippen molar-refractivity contribution in [3.63, 3.8) is 0 Å². The van der Waals surface area contributed by atoms with Gasteiger partial charge in [0.25, 0.3) is 17.7 Å². The molecule has 7 nitrogen and oxygen atoms in total. The van der Waals surface area contributed by atoms with Gasteiger partial charge in [-0.25, -0.2) is 0 Å². The van der Waals surface area contributed by atoms with Crippen LogP contribution in [-0.4, -0.2) is 55.3 Å². The quantitative estimate of drug-likeness (QED) is 0.524. The van der Waals surface area contributed by atoms with Crippen molar-refractivity contribution in [3.05, 3.63) is 101 Å². The number of nitrogens with one attached hydrogen (secondary N) is 1. The molecule has 1 N–H and O–H groups in total. The topological polar surface area (TPSA) is 79.0 Å². The third-order valence-electron chi connectivity index (χ3n) is 5.99. The summed E-state index contributed by atoms with van der Waals surface area (Å²) < 4.78 is 5.32. The summed E-state index contributed by atoms with van der Waals surface area (Å²) in [7, 11) is 5.55. The van der Waals surface area contributed by atoms with E-state index in [0.29, 0.717) is 23.2 Å². The van der Waals surface area contributed by atoms with Crippen LogP contribution >= 0.6 is 0 Å². The van der Waals surface area contributed by atoms with Gasteiger partial charge in [0.2, 0.25) is 0 Å². The normalized spacial score (nSPS) is 13.7. The van der Waals surface area contributed by atoms with Gasteiger partial charge in [-0.05, 0) is 61.6 Å². The Bertz CT molecular complexity index is 1190. The van der Waals surface area contributed by atoms with Crippen LogP contribution in [0, 0.1) is 0 Å².